The molecule has 0 fully saturated rings. The van der Waals surface area contributed by atoms with E-state index in [1.807, 2.05) is 7.05 Å². The smallest absolute Gasteiger partial charge is 0.0558 e. The molecule has 0 saturated heterocycles. The van der Waals surface area contributed by atoms with E-state index in [0.717, 1.165) is 12.8 Å². The maximum atomic E-state index is 5.33. The molecule has 1 N–H and O–H groups in total. The topological polar surface area (TPSA) is 21.3 Å². The Balaban J connectivity index is 2.69. The second-order valence-electron chi connectivity index (χ2n) is 4.90. The van der Waals surface area contributed by atoms with Crippen molar-refractivity contribution < 1.29 is 4.74 Å². The van der Waals surface area contributed by atoms with Crippen molar-refractivity contribution >= 4 is 0 Å². The third kappa shape index (κ3) is 4.49. The second-order valence-corrected chi connectivity index (χ2v) is 4.90. The number of hydrogen-bond acceptors (Lipinski definition) is 2. The molecule has 2 nitrogen and oxygen atoms in total. The highest BCUT2D eigenvalue weighted by Crippen LogP contribution is 2.15. The minimum Gasteiger partial charge on any atom is -0.382 e. The summed E-state index contributed by atoms with van der Waals surface area (Å²) in [6.45, 7) is 6.45. The zero-order chi connectivity index (χ0) is 12.8. The molecule has 0 aliphatic heterocycles. The third-order valence-corrected chi connectivity index (χ3v) is 3.40. The lowest BCUT2D eigenvalue weighted by atomic mass is 9.96. The highest BCUT2D eigenvalue weighted by molar-refractivity contribution is 5.31. The van der Waals surface area contributed by atoms with Crippen LogP contribution < -0.4 is 5.32 Å². The molecule has 2 unspecified atom stereocenters. The summed E-state index contributed by atoms with van der Waals surface area (Å²) in [4.78, 5) is 0. The lowest BCUT2D eigenvalue weighted by Crippen LogP contribution is -2.31. The van der Waals surface area contributed by atoms with Gasteiger partial charge in [0.05, 0.1) is 6.10 Å². The predicted molar refractivity (Wildman–Crippen MR) is 73.6 cm³/mol. The molecule has 2 atom stereocenters. The molecule has 1 rings (SSSR count). The summed E-state index contributed by atoms with van der Waals surface area (Å²) in [5.41, 5.74) is 4.15. The maximum absolute atomic E-state index is 5.33. The van der Waals surface area contributed by atoms with E-state index in [9.17, 15) is 0 Å². The summed E-state index contributed by atoms with van der Waals surface area (Å²) < 4.78 is 5.33. The van der Waals surface area contributed by atoms with Gasteiger partial charge in [0, 0.05) is 13.2 Å². The van der Waals surface area contributed by atoms with Crippen molar-refractivity contribution in [2.45, 2.75) is 45.8 Å². The van der Waals surface area contributed by atoms with E-state index in [2.05, 4.69) is 44.3 Å². The van der Waals surface area contributed by atoms with Gasteiger partial charge in [0.2, 0.25) is 0 Å². The van der Waals surface area contributed by atoms with Gasteiger partial charge < -0.3 is 10.1 Å². The van der Waals surface area contributed by atoms with Gasteiger partial charge in [0.25, 0.3) is 0 Å². The van der Waals surface area contributed by atoms with Crippen molar-refractivity contribution in [2.24, 2.45) is 0 Å². The molecule has 96 valence electrons. The van der Waals surface area contributed by atoms with Crippen molar-refractivity contribution in [2.75, 3.05) is 14.2 Å². The average molecular weight is 235 g/mol. The molecule has 0 bridgehead atoms. The molecule has 0 aromatic heterocycles. The quantitative estimate of drug-likeness (QED) is 0.818. The van der Waals surface area contributed by atoms with E-state index >= 15 is 0 Å². The van der Waals surface area contributed by atoms with Gasteiger partial charge in [-0.25, -0.2) is 0 Å². The SMILES string of the molecule is CNC(Cc1cc(C)ccc1C)CC(C)OC. The highest BCUT2D eigenvalue weighted by atomic mass is 16.5. The minimum atomic E-state index is 0.303. The van der Waals surface area contributed by atoms with Gasteiger partial charge in [0.1, 0.15) is 0 Å². The van der Waals surface area contributed by atoms with Crippen LogP contribution in [0.3, 0.4) is 0 Å². The van der Waals surface area contributed by atoms with Crippen LogP contribution in [0.1, 0.15) is 30.0 Å². The fourth-order valence-corrected chi connectivity index (χ4v) is 2.09. The molecule has 1 aromatic carbocycles. The van der Waals surface area contributed by atoms with Crippen LogP contribution in [-0.2, 0) is 11.2 Å². The zero-order valence-electron chi connectivity index (χ0n) is 11.7. The van der Waals surface area contributed by atoms with Crippen LogP contribution in [0, 0.1) is 13.8 Å². The second kappa shape index (κ2) is 6.77. The fourth-order valence-electron chi connectivity index (χ4n) is 2.09. The first-order valence-corrected chi connectivity index (χ1v) is 6.33. The molecule has 0 heterocycles. The van der Waals surface area contributed by atoms with Crippen LogP contribution in [0.5, 0.6) is 0 Å². The number of rotatable bonds is 6. The molecular weight excluding hydrogens is 210 g/mol. The molecule has 0 aliphatic carbocycles. The molecular formula is C15H25NO. The fraction of sp³-hybridized carbons (Fsp3) is 0.600. The first kappa shape index (κ1) is 14.2. The monoisotopic (exact) mass is 235 g/mol. The van der Waals surface area contributed by atoms with Gasteiger partial charge in [-0.2, -0.15) is 0 Å². The summed E-state index contributed by atoms with van der Waals surface area (Å²) in [5.74, 6) is 0. The summed E-state index contributed by atoms with van der Waals surface area (Å²) in [7, 11) is 3.80. The number of aryl methyl sites for hydroxylation is 2. The van der Waals surface area contributed by atoms with E-state index in [-0.39, 0.29) is 0 Å². The number of ether oxygens (including phenoxy) is 1. The van der Waals surface area contributed by atoms with E-state index in [1.54, 1.807) is 7.11 Å². The van der Waals surface area contributed by atoms with Crippen molar-refractivity contribution in [1.82, 2.24) is 5.32 Å². The summed E-state index contributed by atoms with van der Waals surface area (Å²) in [6.07, 6.45) is 2.41. The van der Waals surface area contributed by atoms with Gasteiger partial charge in [-0.1, -0.05) is 23.8 Å². The molecule has 17 heavy (non-hydrogen) atoms. The lowest BCUT2D eigenvalue weighted by molar-refractivity contribution is 0.101. The Hall–Kier alpha value is -0.860. The lowest BCUT2D eigenvalue weighted by Gasteiger charge is -2.21. The minimum absolute atomic E-state index is 0.303. The molecule has 0 radical (unpaired) electrons. The van der Waals surface area contributed by atoms with Gasteiger partial charge >= 0.3 is 0 Å². The van der Waals surface area contributed by atoms with Crippen molar-refractivity contribution in [1.29, 1.82) is 0 Å². The summed E-state index contributed by atoms with van der Waals surface area (Å²) >= 11 is 0. The van der Waals surface area contributed by atoms with E-state index in [4.69, 9.17) is 4.74 Å². The van der Waals surface area contributed by atoms with Crippen LogP contribution in [0.2, 0.25) is 0 Å². The van der Waals surface area contributed by atoms with Gasteiger partial charge in [-0.15, -0.1) is 0 Å². The highest BCUT2D eigenvalue weighted by Gasteiger charge is 2.12. The van der Waals surface area contributed by atoms with Crippen molar-refractivity contribution in [3.63, 3.8) is 0 Å². The Bertz CT molecular complexity index is 349. The van der Waals surface area contributed by atoms with E-state index in [0.29, 0.717) is 12.1 Å². The normalized spacial score (nSPS) is 14.6. The average Bonchev–Trinajstić information content (AvgIpc) is 2.32. The van der Waals surface area contributed by atoms with E-state index in [1.165, 1.54) is 16.7 Å². The Morgan fingerprint density at radius 3 is 2.59 bits per heavy atom. The maximum Gasteiger partial charge on any atom is 0.0558 e. The molecule has 0 saturated carbocycles. The van der Waals surface area contributed by atoms with Gasteiger partial charge in [-0.3, -0.25) is 0 Å². The van der Waals surface area contributed by atoms with Crippen LogP contribution >= 0.6 is 0 Å². The molecule has 2 heteroatoms. The Morgan fingerprint density at radius 2 is 2.00 bits per heavy atom. The third-order valence-electron chi connectivity index (χ3n) is 3.40. The zero-order valence-corrected chi connectivity index (χ0v) is 11.7. The van der Waals surface area contributed by atoms with Crippen LogP contribution in [-0.4, -0.2) is 26.3 Å². The molecule has 1 aromatic rings. The van der Waals surface area contributed by atoms with Crippen molar-refractivity contribution in [3.8, 4) is 0 Å². The Kier molecular flexibility index (Phi) is 5.66. The summed E-state index contributed by atoms with van der Waals surface area (Å²) in [5, 5.41) is 3.38. The largest absolute Gasteiger partial charge is 0.382 e. The summed E-state index contributed by atoms with van der Waals surface area (Å²) in [6, 6.07) is 7.14. The molecule has 0 amide bonds. The number of benzene rings is 1. The molecule has 0 spiro atoms. The Morgan fingerprint density at radius 1 is 1.29 bits per heavy atom. The van der Waals surface area contributed by atoms with Gasteiger partial charge in [0.15, 0.2) is 0 Å². The van der Waals surface area contributed by atoms with Crippen molar-refractivity contribution in [3.05, 3.63) is 34.9 Å². The predicted octanol–water partition coefficient (Wildman–Crippen LogP) is 2.86. The van der Waals surface area contributed by atoms with Crippen LogP contribution in [0.15, 0.2) is 18.2 Å². The Labute approximate surface area is 105 Å². The number of methoxy groups -OCH3 is 1. The van der Waals surface area contributed by atoms with Gasteiger partial charge in [-0.05, 0) is 51.8 Å². The van der Waals surface area contributed by atoms with Crippen LogP contribution in [0.4, 0.5) is 0 Å². The number of likely N-dealkylation sites (N-methyl/N-ethyl adjacent to an activating group) is 1. The van der Waals surface area contributed by atoms with E-state index < -0.39 is 0 Å². The standard InChI is InChI=1S/C15H25NO/c1-11-6-7-12(2)14(8-11)10-15(16-4)9-13(3)17-5/h6-8,13,15-16H,9-10H2,1-5H3. The first-order chi connectivity index (χ1) is 8.06. The molecule has 0 aliphatic rings. The number of hydrogen-bond donors (Lipinski definition) is 1. The number of nitrogens with one attached hydrogen (secondary N) is 1. The van der Waals surface area contributed by atoms with Crippen LogP contribution in [0.25, 0.3) is 0 Å². The first-order valence-electron chi connectivity index (χ1n) is 6.33.